The predicted octanol–water partition coefficient (Wildman–Crippen LogP) is 1.96. The van der Waals surface area contributed by atoms with Crippen molar-refractivity contribution in [1.29, 1.82) is 0 Å². The lowest BCUT2D eigenvalue weighted by Gasteiger charge is -2.45. The first-order valence-corrected chi connectivity index (χ1v) is 8.20. The summed E-state index contributed by atoms with van der Waals surface area (Å²) >= 11 is 0. The fourth-order valence-electron chi connectivity index (χ4n) is 3.29. The maximum atomic E-state index is 11.6. The maximum absolute atomic E-state index is 11.6. The van der Waals surface area contributed by atoms with Crippen molar-refractivity contribution in [2.45, 2.75) is 45.4 Å². The largest absolute Gasteiger partial charge is 0.385 e. The summed E-state index contributed by atoms with van der Waals surface area (Å²) in [5.41, 5.74) is 0.817. The highest BCUT2D eigenvalue weighted by molar-refractivity contribution is 5.23. The van der Waals surface area contributed by atoms with Gasteiger partial charge in [0.2, 0.25) is 0 Å². The third-order valence-electron chi connectivity index (χ3n) is 4.96. The van der Waals surface area contributed by atoms with E-state index < -0.39 is 17.1 Å². The molecule has 2 heterocycles. The van der Waals surface area contributed by atoms with E-state index in [9.17, 15) is 5.11 Å². The lowest BCUT2D eigenvalue weighted by Crippen LogP contribution is -2.58. The third kappa shape index (κ3) is 3.36. The van der Waals surface area contributed by atoms with Crippen LogP contribution in [0, 0.1) is 12.3 Å². The van der Waals surface area contributed by atoms with E-state index in [1.807, 2.05) is 0 Å². The van der Waals surface area contributed by atoms with Gasteiger partial charge in [0.15, 0.2) is 0 Å². The summed E-state index contributed by atoms with van der Waals surface area (Å²) in [6, 6.07) is 8.41. The van der Waals surface area contributed by atoms with E-state index in [0.717, 1.165) is 6.42 Å². The van der Waals surface area contributed by atoms with Crippen molar-refractivity contribution in [3.05, 3.63) is 48.0 Å². The van der Waals surface area contributed by atoms with Crippen LogP contribution in [0.15, 0.2) is 36.9 Å². The lowest BCUT2D eigenvalue weighted by atomic mass is 9.68. The molecule has 0 bridgehead atoms. The van der Waals surface area contributed by atoms with Gasteiger partial charge in [-0.25, -0.2) is 9.67 Å². The van der Waals surface area contributed by atoms with Crippen LogP contribution in [0.4, 0.5) is 0 Å². The SMILES string of the molecule is Cc1ccc(CC(C)(C)C(O)(Cn2cncn2)C2COCO2)cc1. The lowest BCUT2D eigenvalue weighted by molar-refractivity contribution is -0.160. The molecule has 130 valence electrons. The molecule has 1 aromatic carbocycles. The van der Waals surface area contributed by atoms with E-state index in [1.165, 1.54) is 17.5 Å². The number of hydrogen-bond donors (Lipinski definition) is 1. The minimum Gasteiger partial charge on any atom is -0.385 e. The van der Waals surface area contributed by atoms with Crippen LogP contribution in [0.5, 0.6) is 0 Å². The predicted molar refractivity (Wildman–Crippen MR) is 89.3 cm³/mol. The fourth-order valence-corrected chi connectivity index (χ4v) is 3.29. The zero-order valence-corrected chi connectivity index (χ0v) is 14.5. The third-order valence-corrected chi connectivity index (χ3v) is 4.96. The quantitative estimate of drug-likeness (QED) is 0.876. The average Bonchev–Trinajstić information content (AvgIpc) is 3.22. The second-order valence-corrected chi connectivity index (χ2v) is 7.21. The second-order valence-electron chi connectivity index (χ2n) is 7.21. The van der Waals surface area contributed by atoms with Gasteiger partial charge in [0, 0.05) is 5.41 Å². The molecule has 2 atom stereocenters. The average molecular weight is 331 g/mol. The van der Waals surface area contributed by atoms with Crippen LogP contribution in [-0.2, 0) is 22.4 Å². The number of benzene rings is 1. The number of aromatic nitrogens is 3. The molecule has 1 aliphatic rings. The Morgan fingerprint density at radius 2 is 2.04 bits per heavy atom. The van der Waals surface area contributed by atoms with Gasteiger partial charge in [-0.2, -0.15) is 5.10 Å². The van der Waals surface area contributed by atoms with E-state index in [1.54, 1.807) is 11.0 Å². The number of nitrogens with zero attached hydrogens (tertiary/aromatic N) is 3. The molecule has 1 N–H and O–H groups in total. The molecule has 1 aliphatic heterocycles. The minimum atomic E-state index is -1.14. The first-order chi connectivity index (χ1) is 11.4. The van der Waals surface area contributed by atoms with Gasteiger partial charge in [-0.3, -0.25) is 0 Å². The van der Waals surface area contributed by atoms with Crippen LogP contribution in [-0.4, -0.2) is 45.0 Å². The van der Waals surface area contributed by atoms with Crippen LogP contribution < -0.4 is 0 Å². The molecule has 2 unspecified atom stereocenters. The Morgan fingerprint density at radius 3 is 2.62 bits per heavy atom. The molecule has 6 nitrogen and oxygen atoms in total. The first-order valence-electron chi connectivity index (χ1n) is 8.20. The summed E-state index contributed by atoms with van der Waals surface area (Å²) in [5, 5.41) is 15.8. The van der Waals surface area contributed by atoms with Gasteiger partial charge in [-0.15, -0.1) is 0 Å². The van der Waals surface area contributed by atoms with E-state index >= 15 is 0 Å². The molecular formula is C18H25N3O3. The van der Waals surface area contributed by atoms with Crippen molar-refractivity contribution in [1.82, 2.24) is 14.8 Å². The van der Waals surface area contributed by atoms with Gasteiger partial charge in [0.25, 0.3) is 0 Å². The highest BCUT2D eigenvalue weighted by Crippen LogP contribution is 2.40. The van der Waals surface area contributed by atoms with Crippen LogP contribution in [0.25, 0.3) is 0 Å². The van der Waals surface area contributed by atoms with Crippen LogP contribution in [0.1, 0.15) is 25.0 Å². The van der Waals surface area contributed by atoms with Gasteiger partial charge in [-0.05, 0) is 18.9 Å². The Morgan fingerprint density at radius 1 is 1.29 bits per heavy atom. The molecule has 0 aliphatic carbocycles. The molecule has 1 aromatic heterocycles. The number of hydrogen-bond acceptors (Lipinski definition) is 5. The Balaban J connectivity index is 1.88. The summed E-state index contributed by atoms with van der Waals surface area (Å²) in [7, 11) is 0. The van der Waals surface area contributed by atoms with Gasteiger partial charge >= 0.3 is 0 Å². The highest BCUT2D eigenvalue weighted by Gasteiger charge is 2.52. The molecule has 0 saturated carbocycles. The van der Waals surface area contributed by atoms with Crippen LogP contribution in [0.2, 0.25) is 0 Å². The highest BCUT2D eigenvalue weighted by atomic mass is 16.7. The van der Waals surface area contributed by atoms with E-state index in [4.69, 9.17) is 9.47 Å². The summed E-state index contributed by atoms with van der Waals surface area (Å²) in [6.45, 7) is 7.09. The van der Waals surface area contributed by atoms with Crippen LogP contribution >= 0.6 is 0 Å². The number of rotatable bonds is 6. The normalized spacial score (nSPS) is 20.9. The Bertz CT molecular complexity index is 649. The summed E-state index contributed by atoms with van der Waals surface area (Å²) in [4.78, 5) is 3.98. The Labute approximate surface area is 142 Å². The maximum Gasteiger partial charge on any atom is 0.147 e. The molecule has 0 amide bonds. The summed E-state index contributed by atoms with van der Waals surface area (Å²) < 4.78 is 12.7. The van der Waals surface area contributed by atoms with Crippen LogP contribution in [0.3, 0.4) is 0 Å². The van der Waals surface area contributed by atoms with Gasteiger partial charge < -0.3 is 14.6 Å². The zero-order valence-electron chi connectivity index (χ0n) is 14.5. The number of aryl methyl sites for hydroxylation is 1. The van der Waals surface area contributed by atoms with Gasteiger partial charge in [0.05, 0.1) is 13.2 Å². The van der Waals surface area contributed by atoms with Crippen molar-refractivity contribution in [2.75, 3.05) is 13.4 Å². The molecule has 24 heavy (non-hydrogen) atoms. The van der Waals surface area contributed by atoms with Gasteiger partial charge in [-0.1, -0.05) is 43.7 Å². The number of ether oxygens (including phenoxy) is 2. The zero-order chi connectivity index (χ0) is 17.2. The van der Waals surface area contributed by atoms with E-state index in [2.05, 4.69) is 55.1 Å². The summed E-state index contributed by atoms with van der Waals surface area (Å²) in [5.74, 6) is 0. The smallest absolute Gasteiger partial charge is 0.147 e. The molecule has 0 spiro atoms. The molecule has 6 heteroatoms. The molecule has 2 aromatic rings. The first kappa shape index (κ1) is 17.1. The topological polar surface area (TPSA) is 69.4 Å². The van der Waals surface area contributed by atoms with Crippen molar-refractivity contribution in [3.63, 3.8) is 0 Å². The second kappa shape index (κ2) is 6.63. The molecule has 0 radical (unpaired) electrons. The molecule has 1 fully saturated rings. The van der Waals surface area contributed by atoms with Crippen molar-refractivity contribution in [3.8, 4) is 0 Å². The molecule has 3 rings (SSSR count). The molecule has 1 saturated heterocycles. The summed E-state index contributed by atoms with van der Waals surface area (Å²) in [6.07, 6.45) is 3.41. The van der Waals surface area contributed by atoms with Gasteiger partial charge in [0.1, 0.15) is 31.2 Å². The van der Waals surface area contributed by atoms with Crippen molar-refractivity contribution >= 4 is 0 Å². The minimum absolute atomic E-state index is 0.213. The van der Waals surface area contributed by atoms with E-state index in [0.29, 0.717) is 13.2 Å². The van der Waals surface area contributed by atoms with Crippen molar-refractivity contribution in [2.24, 2.45) is 5.41 Å². The monoisotopic (exact) mass is 331 g/mol. The standard InChI is InChI=1S/C18H25N3O3/c1-14-4-6-15(7-5-14)8-17(2,3)18(22,16-9-23-13-24-16)10-21-12-19-11-20-21/h4-7,11-12,16,22H,8-10,13H2,1-3H3. The fraction of sp³-hybridized carbons (Fsp3) is 0.556. The molecular weight excluding hydrogens is 306 g/mol. The Kier molecular flexibility index (Phi) is 4.71. The van der Waals surface area contributed by atoms with Crippen molar-refractivity contribution < 1.29 is 14.6 Å². The Hall–Kier alpha value is -1.76. The number of aliphatic hydroxyl groups is 1. The van der Waals surface area contributed by atoms with E-state index in [-0.39, 0.29) is 6.79 Å².